The number of hydrogen-bond donors (Lipinski definition) is 5. The molecule has 0 bridgehead atoms. The molecule has 2 aromatic rings. The molecule has 10 nitrogen and oxygen atoms in total. The molecule has 3 heterocycles. The number of carbonyl (C=O) groups is 2. The fourth-order valence-corrected chi connectivity index (χ4v) is 4.19. The Morgan fingerprint density at radius 3 is 1.90 bits per heavy atom. The number of anilines is 2. The molecular formula is C21H20N2O8. The second kappa shape index (κ2) is 7.29. The lowest BCUT2D eigenvalue weighted by Crippen LogP contribution is -2.64. The average molecular weight is 428 g/mol. The van der Waals surface area contributed by atoms with Crippen molar-refractivity contribution in [2.45, 2.75) is 42.9 Å². The first-order valence-electron chi connectivity index (χ1n) is 9.75. The van der Waals surface area contributed by atoms with Crippen LogP contribution in [0.5, 0.6) is 0 Å². The van der Waals surface area contributed by atoms with Crippen LogP contribution in [-0.2, 0) is 14.3 Å². The summed E-state index contributed by atoms with van der Waals surface area (Å²) in [4.78, 5) is 26.1. The maximum Gasteiger partial charge on any atom is 0.335 e. The summed E-state index contributed by atoms with van der Waals surface area (Å²) < 4.78 is 11.0. The van der Waals surface area contributed by atoms with E-state index in [1.54, 1.807) is 24.3 Å². The summed E-state index contributed by atoms with van der Waals surface area (Å²) in [7, 11) is 0. The number of benzene rings is 2. The molecule has 5 rings (SSSR count). The van der Waals surface area contributed by atoms with Gasteiger partial charge in [0.05, 0.1) is 11.4 Å². The maximum absolute atomic E-state index is 13.4. The van der Waals surface area contributed by atoms with Gasteiger partial charge < -0.3 is 35.2 Å². The summed E-state index contributed by atoms with van der Waals surface area (Å²) in [6.07, 6.45) is -9.15. The Labute approximate surface area is 176 Å². The molecule has 3 aliphatic heterocycles. The van der Waals surface area contributed by atoms with Crippen LogP contribution in [0.1, 0.15) is 23.3 Å². The second-order valence-corrected chi connectivity index (χ2v) is 7.67. The van der Waals surface area contributed by atoms with Gasteiger partial charge in [-0.15, -0.1) is 0 Å². The highest BCUT2D eigenvalue weighted by Crippen LogP contribution is 2.58. The van der Waals surface area contributed by atoms with Crippen molar-refractivity contribution in [3.05, 3.63) is 59.7 Å². The first-order valence-corrected chi connectivity index (χ1v) is 9.75. The van der Waals surface area contributed by atoms with Crippen molar-refractivity contribution in [3.8, 4) is 0 Å². The second-order valence-electron chi connectivity index (χ2n) is 7.67. The van der Waals surface area contributed by atoms with E-state index < -0.39 is 42.6 Å². The van der Waals surface area contributed by atoms with Crippen LogP contribution in [0.3, 0.4) is 0 Å². The van der Waals surface area contributed by atoms with Crippen LogP contribution in [0.25, 0.3) is 0 Å². The number of urea groups is 1. The van der Waals surface area contributed by atoms with Gasteiger partial charge in [-0.05, 0) is 12.1 Å². The van der Waals surface area contributed by atoms with E-state index in [9.17, 15) is 30.0 Å². The van der Waals surface area contributed by atoms with Gasteiger partial charge in [0.1, 0.15) is 30.5 Å². The van der Waals surface area contributed by atoms with E-state index in [0.717, 1.165) is 11.1 Å². The third kappa shape index (κ3) is 3.16. The van der Waals surface area contributed by atoms with Crippen molar-refractivity contribution in [1.82, 2.24) is 5.32 Å². The fraction of sp³-hybridized carbons (Fsp3) is 0.333. The van der Waals surface area contributed by atoms with Crippen molar-refractivity contribution in [2.24, 2.45) is 0 Å². The normalized spacial score (nSPS) is 33.4. The minimum Gasteiger partial charge on any atom is -0.479 e. The molecule has 31 heavy (non-hydrogen) atoms. The van der Waals surface area contributed by atoms with Crippen molar-refractivity contribution in [3.63, 3.8) is 0 Å². The van der Waals surface area contributed by atoms with E-state index >= 15 is 0 Å². The molecule has 5 N–H and O–H groups in total. The van der Waals surface area contributed by atoms with E-state index in [0.29, 0.717) is 11.4 Å². The average Bonchev–Trinajstić information content (AvgIpc) is 3.55. The number of fused-ring (bicyclic) bond motifs is 5. The van der Waals surface area contributed by atoms with Gasteiger partial charge in [0.25, 0.3) is 0 Å². The van der Waals surface area contributed by atoms with Crippen LogP contribution in [-0.4, -0.2) is 63.1 Å². The number of hydrogen-bond acceptors (Lipinski definition) is 7. The molecule has 0 spiro atoms. The van der Waals surface area contributed by atoms with Gasteiger partial charge in [-0.25, -0.2) is 9.59 Å². The summed E-state index contributed by atoms with van der Waals surface area (Å²) in [5.41, 5.74) is 2.75. The molecule has 10 heteroatoms. The number of ether oxygens (including phenoxy) is 2. The van der Waals surface area contributed by atoms with Crippen molar-refractivity contribution in [1.29, 1.82) is 0 Å². The summed E-state index contributed by atoms with van der Waals surface area (Å²) >= 11 is 0. The molecular weight excluding hydrogens is 408 g/mol. The summed E-state index contributed by atoms with van der Waals surface area (Å²) in [5, 5.41) is 41.8. The van der Waals surface area contributed by atoms with Gasteiger partial charge in [-0.3, -0.25) is 4.90 Å². The molecule has 7 atom stereocenters. The molecule has 2 unspecified atom stereocenters. The number of aliphatic carboxylic acids is 1. The number of carboxylic acids is 1. The summed E-state index contributed by atoms with van der Waals surface area (Å²) in [6.45, 7) is 0. The largest absolute Gasteiger partial charge is 0.479 e. The van der Waals surface area contributed by atoms with Crippen molar-refractivity contribution in [2.75, 3.05) is 4.90 Å². The van der Waals surface area contributed by atoms with E-state index in [1.165, 1.54) is 4.90 Å². The van der Waals surface area contributed by atoms with Gasteiger partial charge in [0.15, 0.2) is 12.3 Å². The van der Waals surface area contributed by atoms with Crippen LogP contribution >= 0.6 is 0 Å². The first-order chi connectivity index (χ1) is 14.9. The van der Waals surface area contributed by atoms with Crippen molar-refractivity contribution >= 4 is 23.4 Å². The Bertz CT molecular complexity index is 994. The molecule has 2 amide bonds. The SMILES string of the molecule is O=C(O)[C@H]1O[C@@H](NC(=O)N2c3ccccc3C3OC3c3ccccc32)[C@H](O)[C@@H](O)[C@@H]1O. The number of epoxide rings is 1. The van der Waals surface area contributed by atoms with Crippen LogP contribution in [0, 0.1) is 0 Å². The van der Waals surface area contributed by atoms with Crippen LogP contribution in [0.4, 0.5) is 16.2 Å². The van der Waals surface area contributed by atoms with Gasteiger partial charge in [0, 0.05) is 11.1 Å². The van der Waals surface area contributed by atoms with Gasteiger partial charge in [-0.2, -0.15) is 0 Å². The Kier molecular flexibility index (Phi) is 4.68. The highest BCUT2D eigenvalue weighted by molar-refractivity contribution is 6.02. The van der Waals surface area contributed by atoms with E-state index in [4.69, 9.17) is 9.47 Å². The third-order valence-electron chi connectivity index (χ3n) is 5.79. The molecule has 162 valence electrons. The predicted molar refractivity (Wildman–Crippen MR) is 104 cm³/mol. The number of carbonyl (C=O) groups excluding carboxylic acids is 1. The highest BCUT2D eigenvalue weighted by Gasteiger charge is 2.50. The van der Waals surface area contributed by atoms with E-state index in [-0.39, 0.29) is 12.2 Å². The predicted octanol–water partition coefficient (Wildman–Crippen LogP) is 0.552. The topological polar surface area (TPSA) is 152 Å². The molecule has 2 aromatic carbocycles. The molecule has 2 saturated heterocycles. The number of nitrogens with zero attached hydrogens (tertiary/aromatic N) is 1. The molecule has 0 saturated carbocycles. The van der Waals surface area contributed by atoms with E-state index in [1.807, 2.05) is 24.3 Å². The molecule has 3 aliphatic rings. The summed E-state index contributed by atoms with van der Waals surface area (Å²) in [6, 6.07) is 13.8. The molecule has 0 aromatic heterocycles. The standard InChI is InChI=1S/C21H20N2O8/c24-13-14(25)18(20(27)28)31-19(15(13)26)22-21(29)23-11-7-3-1-5-9(11)16-17(30-16)10-6-2-4-8-12(10)23/h1-8,13-19,24-26H,(H,22,29)(H,27,28)/t13-,14-,15+,16?,17?,18-,19+/m0/s1. The smallest absolute Gasteiger partial charge is 0.335 e. The lowest BCUT2D eigenvalue weighted by molar-refractivity contribution is -0.231. The monoisotopic (exact) mass is 428 g/mol. The molecule has 0 radical (unpaired) electrons. The number of nitrogens with one attached hydrogen (secondary N) is 1. The minimum atomic E-state index is -1.84. The Hall–Kier alpha value is -3.02. The Morgan fingerprint density at radius 2 is 1.35 bits per heavy atom. The zero-order valence-corrected chi connectivity index (χ0v) is 16.0. The van der Waals surface area contributed by atoms with Gasteiger partial charge in [-0.1, -0.05) is 36.4 Å². The lowest BCUT2D eigenvalue weighted by Gasteiger charge is -2.39. The highest BCUT2D eigenvalue weighted by atomic mass is 16.6. The maximum atomic E-state index is 13.4. The zero-order chi connectivity index (χ0) is 21.9. The Morgan fingerprint density at radius 1 is 0.806 bits per heavy atom. The number of carboxylic acid groups (broad SMARTS) is 1. The van der Waals surface area contributed by atoms with E-state index in [2.05, 4.69) is 5.32 Å². The molecule has 2 fully saturated rings. The number of rotatable bonds is 2. The van der Waals surface area contributed by atoms with Gasteiger partial charge >= 0.3 is 12.0 Å². The van der Waals surface area contributed by atoms with Gasteiger partial charge in [0.2, 0.25) is 0 Å². The number of aliphatic hydroxyl groups is 3. The Balaban J connectivity index is 1.50. The number of amides is 2. The lowest BCUT2D eigenvalue weighted by atomic mass is 9.98. The number of para-hydroxylation sites is 2. The first kappa shape index (κ1) is 19.9. The fourth-order valence-electron chi connectivity index (χ4n) is 4.19. The van der Waals surface area contributed by atoms with Crippen LogP contribution < -0.4 is 10.2 Å². The summed E-state index contributed by atoms with van der Waals surface area (Å²) in [5.74, 6) is -1.53. The van der Waals surface area contributed by atoms with Crippen LogP contribution in [0.15, 0.2) is 48.5 Å². The van der Waals surface area contributed by atoms with Crippen LogP contribution in [0.2, 0.25) is 0 Å². The molecule has 0 aliphatic carbocycles. The zero-order valence-electron chi connectivity index (χ0n) is 16.0. The quantitative estimate of drug-likeness (QED) is 0.435. The number of aliphatic hydroxyl groups excluding tert-OH is 3. The van der Waals surface area contributed by atoms with Crippen molar-refractivity contribution < 1.29 is 39.5 Å². The third-order valence-corrected chi connectivity index (χ3v) is 5.79. The minimum absolute atomic E-state index is 0.194.